The molecule has 0 aliphatic rings. The van der Waals surface area contributed by atoms with Crippen molar-refractivity contribution in [3.05, 3.63) is 89.7 Å². The van der Waals surface area contributed by atoms with E-state index < -0.39 is 0 Å². The van der Waals surface area contributed by atoms with Crippen molar-refractivity contribution < 1.29 is 9.47 Å². The molecular weight excluding hydrogens is 300 g/mol. The average molecular weight is 316 g/mol. The molecule has 0 unspecified atom stereocenters. The van der Waals surface area contributed by atoms with Crippen LogP contribution >= 0.6 is 0 Å². The molecule has 3 aromatic rings. The first-order valence-corrected chi connectivity index (χ1v) is 7.59. The van der Waals surface area contributed by atoms with Gasteiger partial charge in [-0.2, -0.15) is 5.26 Å². The molecule has 1 heterocycles. The summed E-state index contributed by atoms with van der Waals surface area (Å²) in [5, 5.41) is 9.04. The zero-order valence-electron chi connectivity index (χ0n) is 13.1. The van der Waals surface area contributed by atoms with Gasteiger partial charge >= 0.3 is 0 Å². The third-order valence-corrected chi connectivity index (χ3v) is 3.42. The van der Waals surface area contributed by atoms with E-state index in [0.717, 1.165) is 11.1 Å². The van der Waals surface area contributed by atoms with Crippen LogP contribution in [0, 0.1) is 11.3 Å². The highest BCUT2D eigenvalue weighted by Gasteiger charge is 2.09. The summed E-state index contributed by atoms with van der Waals surface area (Å²) in [6.45, 7) is 0.813. The van der Waals surface area contributed by atoms with Crippen molar-refractivity contribution in [1.82, 2.24) is 4.98 Å². The van der Waals surface area contributed by atoms with Crippen LogP contribution in [0.15, 0.2) is 72.9 Å². The largest absolute Gasteiger partial charge is 0.485 e. The molecule has 3 rings (SSSR count). The Hall–Kier alpha value is -3.32. The smallest absolute Gasteiger partial charge is 0.180 e. The quantitative estimate of drug-likeness (QED) is 0.686. The van der Waals surface area contributed by atoms with Crippen molar-refractivity contribution in [3.63, 3.8) is 0 Å². The summed E-state index contributed by atoms with van der Waals surface area (Å²) >= 11 is 0. The topological polar surface area (TPSA) is 55.1 Å². The van der Waals surface area contributed by atoms with Gasteiger partial charge in [-0.25, -0.2) is 4.98 Å². The van der Waals surface area contributed by atoms with Gasteiger partial charge in [0.15, 0.2) is 11.5 Å². The summed E-state index contributed by atoms with van der Waals surface area (Å²) in [6.07, 6.45) is 1.53. The van der Waals surface area contributed by atoms with Crippen LogP contribution in [0.3, 0.4) is 0 Å². The number of nitrogens with zero attached hydrogens (tertiary/aromatic N) is 2. The highest BCUT2D eigenvalue weighted by molar-refractivity contribution is 5.42. The van der Waals surface area contributed by atoms with Crippen molar-refractivity contribution in [2.24, 2.45) is 0 Å². The molecule has 0 amide bonds. The SMILES string of the molecule is N#Cc1cc(OCc2ccccc2)c(OCc2ccccc2)cn1. The van der Waals surface area contributed by atoms with Gasteiger partial charge in [-0.05, 0) is 11.1 Å². The van der Waals surface area contributed by atoms with Gasteiger partial charge in [-0.3, -0.25) is 0 Å². The first-order chi connectivity index (χ1) is 11.8. The van der Waals surface area contributed by atoms with E-state index in [0.29, 0.717) is 30.4 Å². The van der Waals surface area contributed by atoms with Gasteiger partial charge in [0, 0.05) is 6.07 Å². The molecule has 0 radical (unpaired) electrons. The summed E-state index contributed by atoms with van der Waals surface area (Å²) in [5.74, 6) is 1.04. The van der Waals surface area contributed by atoms with E-state index in [2.05, 4.69) is 4.98 Å². The van der Waals surface area contributed by atoms with Crippen LogP contribution in [0.1, 0.15) is 16.8 Å². The van der Waals surface area contributed by atoms with Crippen molar-refractivity contribution in [1.29, 1.82) is 5.26 Å². The summed E-state index contributed by atoms with van der Waals surface area (Å²) in [5.41, 5.74) is 2.39. The van der Waals surface area contributed by atoms with E-state index in [4.69, 9.17) is 14.7 Å². The average Bonchev–Trinajstić information content (AvgIpc) is 2.66. The van der Waals surface area contributed by atoms with Crippen molar-refractivity contribution in [3.8, 4) is 17.6 Å². The molecule has 24 heavy (non-hydrogen) atoms. The zero-order valence-corrected chi connectivity index (χ0v) is 13.1. The van der Waals surface area contributed by atoms with Crippen molar-refractivity contribution in [2.45, 2.75) is 13.2 Å². The van der Waals surface area contributed by atoms with E-state index in [9.17, 15) is 0 Å². The molecule has 0 saturated heterocycles. The molecule has 0 saturated carbocycles. The second kappa shape index (κ2) is 7.80. The summed E-state index contributed by atoms with van der Waals surface area (Å²) < 4.78 is 11.7. The van der Waals surface area contributed by atoms with E-state index in [1.54, 1.807) is 6.07 Å². The summed E-state index contributed by atoms with van der Waals surface area (Å²) in [7, 11) is 0. The lowest BCUT2D eigenvalue weighted by Gasteiger charge is -2.13. The maximum absolute atomic E-state index is 9.04. The molecule has 0 N–H and O–H groups in total. The monoisotopic (exact) mass is 316 g/mol. The molecule has 4 heteroatoms. The Kier molecular flexibility index (Phi) is 5.06. The lowest BCUT2D eigenvalue weighted by molar-refractivity contribution is 0.254. The number of nitriles is 1. The fraction of sp³-hybridized carbons (Fsp3) is 0.100. The number of rotatable bonds is 6. The maximum Gasteiger partial charge on any atom is 0.180 e. The number of pyridine rings is 1. The van der Waals surface area contributed by atoms with Crippen LogP contribution in [-0.4, -0.2) is 4.98 Å². The van der Waals surface area contributed by atoms with Crippen LogP contribution in [-0.2, 0) is 13.2 Å². The Bertz CT molecular complexity index is 827. The molecule has 0 spiro atoms. The Morgan fingerprint density at radius 3 is 1.88 bits per heavy atom. The van der Waals surface area contributed by atoms with Gasteiger partial charge in [0.1, 0.15) is 25.0 Å². The molecule has 4 nitrogen and oxygen atoms in total. The highest BCUT2D eigenvalue weighted by atomic mass is 16.5. The van der Waals surface area contributed by atoms with Gasteiger partial charge < -0.3 is 9.47 Å². The predicted octanol–water partition coefficient (Wildman–Crippen LogP) is 4.11. The van der Waals surface area contributed by atoms with Crippen molar-refractivity contribution >= 4 is 0 Å². The molecule has 0 atom stereocenters. The van der Waals surface area contributed by atoms with Gasteiger partial charge in [-0.1, -0.05) is 60.7 Å². The van der Waals surface area contributed by atoms with Crippen molar-refractivity contribution in [2.75, 3.05) is 0 Å². The van der Waals surface area contributed by atoms with Crippen LogP contribution in [0.25, 0.3) is 0 Å². The second-order valence-electron chi connectivity index (χ2n) is 5.18. The Morgan fingerprint density at radius 2 is 1.33 bits per heavy atom. The fourth-order valence-corrected chi connectivity index (χ4v) is 2.18. The van der Waals surface area contributed by atoms with Gasteiger partial charge in [0.25, 0.3) is 0 Å². The number of aromatic nitrogens is 1. The van der Waals surface area contributed by atoms with Crippen LogP contribution in [0.4, 0.5) is 0 Å². The minimum Gasteiger partial charge on any atom is -0.485 e. The predicted molar refractivity (Wildman–Crippen MR) is 90.5 cm³/mol. The van der Waals surface area contributed by atoms with Gasteiger partial charge in [0.2, 0.25) is 0 Å². The normalized spacial score (nSPS) is 9.96. The van der Waals surface area contributed by atoms with E-state index in [1.165, 1.54) is 6.20 Å². The molecule has 118 valence electrons. The number of benzene rings is 2. The Balaban J connectivity index is 1.74. The van der Waals surface area contributed by atoms with E-state index in [1.807, 2.05) is 66.7 Å². The number of hydrogen-bond acceptors (Lipinski definition) is 4. The van der Waals surface area contributed by atoms with E-state index >= 15 is 0 Å². The molecule has 0 bridgehead atoms. The fourth-order valence-electron chi connectivity index (χ4n) is 2.18. The third-order valence-electron chi connectivity index (χ3n) is 3.42. The Morgan fingerprint density at radius 1 is 0.792 bits per heavy atom. The minimum atomic E-state index is 0.296. The number of hydrogen-bond donors (Lipinski definition) is 0. The first kappa shape index (κ1) is 15.6. The molecular formula is C20H16N2O2. The standard InChI is InChI=1S/C20H16N2O2/c21-12-18-11-19(23-14-16-7-3-1-4-8-16)20(13-22-18)24-15-17-9-5-2-6-10-17/h1-11,13H,14-15H2. The second-order valence-corrected chi connectivity index (χ2v) is 5.18. The third kappa shape index (κ3) is 4.11. The molecule has 0 fully saturated rings. The molecule has 2 aromatic carbocycles. The van der Waals surface area contributed by atoms with Crippen LogP contribution < -0.4 is 9.47 Å². The van der Waals surface area contributed by atoms with Gasteiger partial charge in [-0.15, -0.1) is 0 Å². The molecule has 0 aliphatic heterocycles. The van der Waals surface area contributed by atoms with E-state index in [-0.39, 0.29) is 0 Å². The lowest BCUT2D eigenvalue weighted by atomic mass is 10.2. The Labute approximate surface area is 140 Å². The first-order valence-electron chi connectivity index (χ1n) is 7.59. The summed E-state index contributed by atoms with van der Waals surface area (Å²) in [6, 6.07) is 23.3. The molecule has 0 aliphatic carbocycles. The lowest BCUT2D eigenvalue weighted by Crippen LogP contribution is -2.02. The summed E-state index contributed by atoms with van der Waals surface area (Å²) in [4.78, 5) is 4.06. The maximum atomic E-state index is 9.04. The van der Waals surface area contributed by atoms with Crippen LogP contribution in [0.2, 0.25) is 0 Å². The van der Waals surface area contributed by atoms with Crippen LogP contribution in [0.5, 0.6) is 11.5 Å². The molecule has 1 aromatic heterocycles. The van der Waals surface area contributed by atoms with Gasteiger partial charge in [0.05, 0.1) is 6.20 Å². The zero-order chi connectivity index (χ0) is 16.6. The minimum absolute atomic E-state index is 0.296. The number of ether oxygens (including phenoxy) is 2. The highest BCUT2D eigenvalue weighted by Crippen LogP contribution is 2.28.